The molecule has 15 heteroatoms. The van der Waals surface area contributed by atoms with Gasteiger partial charge in [0.1, 0.15) is 29.2 Å². The highest BCUT2D eigenvalue weighted by Crippen LogP contribution is 2.49. The molecule has 3 aliphatic heterocycles. The molecule has 3 saturated heterocycles. The second-order valence-electron chi connectivity index (χ2n) is 19.9. The summed E-state index contributed by atoms with van der Waals surface area (Å²) < 4.78 is 40.3. The summed E-state index contributed by atoms with van der Waals surface area (Å²) in [4.78, 5) is 71.1. The summed E-state index contributed by atoms with van der Waals surface area (Å²) in [5.74, 6) is -0.200. The maximum absolute atomic E-state index is 15.2. The van der Waals surface area contributed by atoms with Crippen LogP contribution >= 0.6 is 0 Å². The number of carbonyl (C=O) groups excluding carboxylic acids is 4. The summed E-state index contributed by atoms with van der Waals surface area (Å²) in [6, 6.07) is 11.9. The smallest absolute Gasteiger partial charge is 0.259 e. The summed E-state index contributed by atoms with van der Waals surface area (Å²) in [5, 5.41) is 2.95. The molecular formula is C47H58N6O8S. The number of benzene rings is 1. The predicted octanol–water partition coefficient (Wildman–Crippen LogP) is 5.41. The van der Waals surface area contributed by atoms with E-state index in [1.807, 2.05) is 51.1 Å². The van der Waals surface area contributed by atoms with Crippen LogP contribution in [0, 0.1) is 35.0 Å². The second-order valence-corrected chi connectivity index (χ2v) is 21.8. The highest BCUT2D eigenvalue weighted by molar-refractivity contribution is 7.91. The lowest BCUT2D eigenvalue weighted by atomic mass is 9.68. The molecule has 2 unspecified atom stereocenters. The Morgan fingerprint density at radius 2 is 1.69 bits per heavy atom. The molecule has 7 fully saturated rings. The molecule has 14 nitrogen and oxygen atoms in total. The van der Waals surface area contributed by atoms with E-state index in [2.05, 4.69) is 26.5 Å². The SMILES string of the molecule is C=C[C@@H]1C[C@]1(NC(=O)[C@@H]1C[C@@H](Oc2cc(-c3ccccn3)nc3cc(OC)ccc23)CN1C(=O)[C@@H](CC(=O)N1CC2CC3CC(C2)CC1C3)C(C)(C)C)C(=O)NS(=O)(=O)C1CC1. The number of nitrogens with one attached hydrogen (secondary N) is 2. The minimum Gasteiger partial charge on any atom is -0.497 e. The van der Waals surface area contributed by atoms with Crippen LogP contribution in [-0.4, -0.2) is 101 Å². The Morgan fingerprint density at radius 1 is 0.952 bits per heavy atom. The molecule has 62 heavy (non-hydrogen) atoms. The predicted molar refractivity (Wildman–Crippen MR) is 232 cm³/mol. The van der Waals surface area contributed by atoms with Crippen molar-refractivity contribution >= 4 is 44.6 Å². The number of hydrogen-bond donors (Lipinski definition) is 2. The normalized spacial score (nSPS) is 29.5. The molecule has 4 aliphatic carbocycles. The topological polar surface area (TPSA) is 177 Å². The number of pyridine rings is 2. The summed E-state index contributed by atoms with van der Waals surface area (Å²) in [5.41, 5.74) is -0.420. The summed E-state index contributed by atoms with van der Waals surface area (Å²) in [6.07, 6.45) is 9.30. The van der Waals surface area contributed by atoms with Crippen molar-refractivity contribution in [3.8, 4) is 22.9 Å². The van der Waals surface area contributed by atoms with E-state index in [0.29, 0.717) is 64.4 Å². The van der Waals surface area contributed by atoms with Crippen LogP contribution in [0.5, 0.6) is 11.5 Å². The standard InChI is InChI=1S/C47H58N6O8S/c1-6-30-24-47(30,45(57)51-62(58,59)34-11-12-34)50-43(55)40-21-33(61-41-23-39(37-9-7-8-14-48-37)49-38-20-32(60-5)10-13-35(38)41)26-53(40)44(56)36(46(2,3)4)22-42(54)52-25-29-16-27-15-28(17-29)19-31(52)18-27/h6-10,13-14,20,23,27-31,33-34,36,40H,1,11-12,15-19,21-22,24-26H2,2-5H3,(H,50,55)(H,51,57)/t27?,28?,29?,30-,31?,33-,36-,40+,47-/m1/s1. The van der Waals surface area contributed by atoms with Gasteiger partial charge in [0.05, 0.1) is 41.7 Å². The number of rotatable bonds is 13. The fourth-order valence-electron chi connectivity index (χ4n) is 11.0. The van der Waals surface area contributed by atoms with Crippen LogP contribution in [0.2, 0.25) is 0 Å². The molecule has 1 aromatic carbocycles. The number of nitrogens with zero attached hydrogens (tertiary/aromatic N) is 4. The minimum absolute atomic E-state index is 0.00538. The van der Waals surface area contributed by atoms with E-state index in [1.165, 1.54) is 17.4 Å². The van der Waals surface area contributed by atoms with Gasteiger partial charge in [-0.2, -0.15) is 0 Å². The molecule has 2 N–H and O–H groups in total. The van der Waals surface area contributed by atoms with E-state index in [9.17, 15) is 22.8 Å². The number of sulfonamides is 1. The average molecular weight is 867 g/mol. The van der Waals surface area contributed by atoms with Crippen molar-refractivity contribution in [2.24, 2.45) is 35.0 Å². The van der Waals surface area contributed by atoms with E-state index < -0.39 is 62.0 Å². The van der Waals surface area contributed by atoms with E-state index in [-0.39, 0.29) is 43.7 Å². The molecule has 4 bridgehead atoms. The number of likely N-dealkylation sites (tertiary alicyclic amines) is 1. The summed E-state index contributed by atoms with van der Waals surface area (Å²) >= 11 is 0. The fourth-order valence-corrected chi connectivity index (χ4v) is 12.3. The molecule has 4 amide bonds. The molecule has 0 radical (unpaired) electrons. The van der Waals surface area contributed by atoms with Crippen molar-refractivity contribution in [3.63, 3.8) is 0 Å². The van der Waals surface area contributed by atoms with Crippen molar-refractivity contribution in [1.29, 1.82) is 0 Å². The first-order chi connectivity index (χ1) is 29.5. The van der Waals surface area contributed by atoms with Crippen molar-refractivity contribution in [2.45, 2.75) is 114 Å². The molecule has 10 rings (SSSR count). The van der Waals surface area contributed by atoms with Crippen LogP contribution in [0.25, 0.3) is 22.3 Å². The molecule has 7 atom stereocenters. The molecule has 5 heterocycles. The Hall–Kier alpha value is -5.05. The van der Waals surface area contributed by atoms with Gasteiger partial charge in [-0.25, -0.2) is 13.4 Å². The maximum atomic E-state index is 15.2. The maximum Gasteiger partial charge on any atom is 0.259 e. The largest absolute Gasteiger partial charge is 0.497 e. The second kappa shape index (κ2) is 15.9. The van der Waals surface area contributed by atoms with Crippen molar-refractivity contribution < 1.29 is 37.1 Å². The van der Waals surface area contributed by atoms with E-state index >= 15 is 4.79 Å². The Labute approximate surface area is 363 Å². The van der Waals surface area contributed by atoms with Gasteiger partial charge in [-0.05, 0) is 98.8 Å². The Balaban J connectivity index is 1.03. The van der Waals surface area contributed by atoms with Crippen LogP contribution in [0.3, 0.4) is 0 Å². The van der Waals surface area contributed by atoms with Crippen LogP contribution in [0.1, 0.15) is 85.0 Å². The number of fused-ring (bicyclic) bond motifs is 2. The molecule has 4 saturated carbocycles. The number of methoxy groups -OCH3 is 1. The van der Waals surface area contributed by atoms with Gasteiger partial charge in [0.15, 0.2) is 0 Å². The van der Waals surface area contributed by atoms with E-state index in [4.69, 9.17) is 14.5 Å². The first-order valence-corrected chi connectivity index (χ1v) is 23.8. The number of ether oxygens (including phenoxy) is 2. The van der Waals surface area contributed by atoms with Crippen molar-refractivity contribution in [1.82, 2.24) is 29.8 Å². The zero-order valence-electron chi connectivity index (χ0n) is 36.0. The molecule has 0 spiro atoms. The number of carbonyl (C=O) groups is 4. The van der Waals surface area contributed by atoms with Crippen molar-refractivity contribution in [2.75, 3.05) is 20.2 Å². The molecule has 3 aromatic rings. The lowest BCUT2D eigenvalue weighted by Gasteiger charge is -2.40. The molecule has 7 aliphatic rings. The lowest BCUT2D eigenvalue weighted by molar-refractivity contribution is -0.149. The highest BCUT2D eigenvalue weighted by Gasteiger charge is 2.62. The third-order valence-corrected chi connectivity index (χ3v) is 16.3. The third-order valence-electron chi connectivity index (χ3n) is 14.4. The zero-order valence-corrected chi connectivity index (χ0v) is 36.9. The van der Waals surface area contributed by atoms with Crippen LogP contribution < -0.4 is 19.5 Å². The van der Waals surface area contributed by atoms with Gasteiger partial charge in [0.25, 0.3) is 5.91 Å². The summed E-state index contributed by atoms with van der Waals surface area (Å²) in [7, 11) is -2.33. The van der Waals surface area contributed by atoms with Gasteiger partial charge in [-0.15, -0.1) is 6.58 Å². The van der Waals surface area contributed by atoms with Crippen LogP contribution in [-0.2, 0) is 29.2 Å². The first-order valence-electron chi connectivity index (χ1n) is 22.2. The van der Waals surface area contributed by atoms with Gasteiger partial charge >= 0.3 is 0 Å². The Morgan fingerprint density at radius 3 is 2.34 bits per heavy atom. The van der Waals surface area contributed by atoms with Gasteiger partial charge in [-0.3, -0.25) is 28.9 Å². The Kier molecular flexibility index (Phi) is 10.9. The van der Waals surface area contributed by atoms with Crippen LogP contribution in [0.4, 0.5) is 0 Å². The quantitative estimate of drug-likeness (QED) is 0.211. The van der Waals surface area contributed by atoms with Gasteiger partial charge in [-0.1, -0.05) is 32.9 Å². The number of hydrogen-bond acceptors (Lipinski definition) is 10. The monoisotopic (exact) mass is 866 g/mol. The third kappa shape index (κ3) is 8.17. The zero-order chi connectivity index (χ0) is 43.7. The molecule has 2 aromatic heterocycles. The first kappa shape index (κ1) is 42.3. The lowest BCUT2D eigenvalue weighted by Crippen LogP contribution is -2.57. The Bertz CT molecular complexity index is 2390. The average Bonchev–Trinajstić information content (AvgIpc) is 4.17. The van der Waals surface area contributed by atoms with Gasteiger partial charge in [0, 0.05) is 55.1 Å². The van der Waals surface area contributed by atoms with Crippen molar-refractivity contribution in [3.05, 3.63) is 61.3 Å². The molecule has 330 valence electrons. The van der Waals surface area contributed by atoms with E-state index in [1.54, 1.807) is 25.4 Å². The summed E-state index contributed by atoms with van der Waals surface area (Å²) in [6.45, 7) is 10.4. The fraction of sp³-hybridized carbons (Fsp3) is 0.574. The van der Waals surface area contributed by atoms with Crippen LogP contribution in [0.15, 0.2) is 61.3 Å². The highest BCUT2D eigenvalue weighted by atomic mass is 32.2. The number of aromatic nitrogens is 2. The number of amides is 4. The van der Waals surface area contributed by atoms with Gasteiger partial charge in [0.2, 0.25) is 27.7 Å². The minimum atomic E-state index is -3.91. The van der Waals surface area contributed by atoms with E-state index in [0.717, 1.165) is 32.2 Å². The molecular weight excluding hydrogens is 809 g/mol. The van der Waals surface area contributed by atoms with Gasteiger partial charge < -0.3 is 24.6 Å².